The fourth-order valence-electron chi connectivity index (χ4n) is 2.07. The number of nitrogens with one attached hydrogen (secondary N) is 2. The van der Waals surface area contributed by atoms with E-state index >= 15 is 0 Å². The summed E-state index contributed by atoms with van der Waals surface area (Å²) >= 11 is 5.39. The van der Waals surface area contributed by atoms with Gasteiger partial charge in [0.25, 0.3) is 0 Å². The molecule has 0 saturated heterocycles. The number of methoxy groups -OCH3 is 1. The van der Waals surface area contributed by atoms with Crippen molar-refractivity contribution in [3.63, 3.8) is 0 Å². The van der Waals surface area contributed by atoms with Gasteiger partial charge in [0.15, 0.2) is 5.11 Å². The van der Waals surface area contributed by atoms with Crippen LogP contribution in [0.25, 0.3) is 0 Å². The molecule has 0 saturated carbocycles. The lowest BCUT2D eigenvalue weighted by Crippen LogP contribution is -2.20. The Morgan fingerprint density at radius 3 is 2.14 bits per heavy atom. The SMILES string of the molecule is COc1ccc(C)cc1NC(=S)Nc1cc(C)ccc1C. The van der Waals surface area contributed by atoms with E-state index in [1.807, 2.05) is 25.1 Å². The minimum atomic E-state index is 0.549. The molecule has 0 spiro atoms. The number of benzene rings is 2. The first-order chi connectivity index (χ1) is 9.99. The third kappa shape index (κ3) is 3.95. The molecule has 0 aliphatic rings. The molecule has 2 rings (SSSR count). The van der Waals surface area contributed by atoms with Gasteiger partial charge in [-0.2, -0.15) is 0 Å². The number of anilines is 2. The Hall–Kier alpha value is -2.07. The van der Waals surface area contributed by atoms with Crippen LogP contribution in [-0.4, -0.2) is 12.2 Å². The van der Waals surface area contributed by atoms with Crippen LogP contribution >= 0.6 is 12.2 Å². The normalized spacial score (nSPS) is 10.1. The van der Waals surface area contributed by atoms with E-state index in [4.69, 9.17) is 17.0 Å². The highest BCUT2D eigenvalue weighted by atomic mass is 32.1. The third-order valence-electron chi connectivity index (χ3n) is 3.24. The summed E-state index contributed by atoms with van der Waals surface area (Å²) in [6, 6.07) is 12.2. The first kappa shape index (κ1) is 15.3. The molecule has 0 aromatic heterocycles. The molecule has 0 radical (unpaired) electrons. The largest absolute Gasteiger partial charge is 0.495 e. The third-order valence-corrected chi connectivity index (χ3v) is 3.45. The van der Waals surface area contributed by atoms with Crippen molar-refractivity contribution in [3.8, 4) is 5.75 Å². The van der Waals surface area contributed by atoms with Crippen molar-refractivity contribution in [1.29, 1.82) is 0 Å². The molecule has 0 unspecified atom stereocenters. The fraction of sp³-hybridized carbons (Fsp3) is 0.235. The van der Waals surface area contributed by atoms with Gasteiger partial charge in [0.05, 0.1) is 12.8 Å². The molecule has 2 aromatic carbocycles. The Kier molecular flexibility index (Phi) is 4.81. The molecule has 2 aromatic rings. The Morgan fingerprint density at radius 2 is 1.48 bits per heavy atom. The second-order valence-corrected chi connectivity index (χ2v) is 5.51. The van der Waals surface area contributed by atoms with Crippen molar-refractivity contribution in [1.82, 2.24) is 0 Å². The lowest BCUT2D eigenvalue weighted by Gasteiger charge is -2.15. The number of thiocarbonyl (C=S) groups is 1. The Morgan fingerprint density at radius 1 is 0.905 bits per heavy atom. The summed E-state index contributed by atoms with van der Waals surface area (Å²) in [5.41, 5.74) is 5.37. The van der Waals surface area contributed by atoms with E-state index in [1.165, 1.54) is 5.56 Å². The van der Waals surface area contributed by atoms with Crippen molar-refractivity contribution in [2.45, 2.75) is 20.8 Å². The van der Waals surface area contributed by atoms with Gasteiger partial charge in [0, 0.05) is 5.69 Å². The molecule has 0 atom stereocenters. The Bertz CT molecular complexity index is 668. The highest BCUT2D eigenvalue weighted by molar-refractivity contribution is 7.80. The summed E-state index contributed by atoms with van der Waals surface area (Å²) < 4.78 is 5.34. The zero-order valence-electron chi connectivity index (χ0n) is 12.8. The quantitative estimate of drug-likeness (QED) is 0.822. The minimum Gasteiger partial charge on any atom is -0.495 e. The predicted molar refractivity (Wildman–Crippen MR) is 93.5 cm³/mol. The van der Waals surface area contributed by atoms with Crippen LogP contribution in [0.2, 0.25) is 0 Å². The zero-order valence-corrected chi connectivity index (χ0v) is 13.6. The predicted octanol–water partition coefficient (Wildman–Crippen LogP) is 4.43. The Labute approximate surface area is 131 Å². The number of rotatable bonds is 3. The zero-order chi connectivity index (χ0) is 15.4. The maximum absolute atomic E-state index is 5.39. The molecule has 0 aliphatic heterocycles. The molecule has 21 heavy (non-hydrogen) atoms. The lowest BCUT2D eigenvalue weighted by molar-refractivity contribution is 0.417. The highest BCUT2D eigenvalue weighted by Crippen LogP contribution is 2.25. The molecule has 0 bridgehead atoms. The molecular formula is C17H20N2OS. The van der Waals surface area contributed by atoms with Gasteiger partial charge in [-0.05, 0) is 67.9 Å². The van der Waals surface area contributed by atoms with E-state index in [-0.39, 0.29) is 0 Å². The van der Waals surface area contributed by atoms with Gasteiger partial charge < -0.3 is 15.4 Å². The van der Waals surface area contributed by atoms with E-state index in [0.717, 1.165) is 28.3 Å². The highest BCUT2D eigenvalue weighted by Gasteiger charge is 2.06. The molecular weight excluding hydrogens is 280 g/mol. The summed E-state index contributed by atoms with van der Waals surface area (Å²) in [7, 11) is 1.65. The summed E-state index contributed by atoms with van der Waals surface area (Å²) in [4.78, 5) is 0. The second-order valence-electron chi connectivity index (χ2n) is 5.10. The van der Waals surface area contributed by atoms with E-state index in [9.17, 15) is 0 Å². The average Bonchev–Trinajstić information content (AvgIpc) is 2.43. The van der Waals surface area contributed by atoms with E-state index in [0.29, 0.717) is 5.11 Å². The van der Waals surface area contributed by atoms with Crippen LogP contribution in [0.1, 0.15) is 16.7 Å². The topological polar surface area (TPSA) is 33.3 Å². The molecule has 0 fully saturated rings. The van der Waals surface area contributed by atoms with E-state index in [2.05, 4.69) is 42.7 Å². The maximum atomic E-state index is 5.39. The summed E-state index contributed by atoms with van der Waals surface area (Å²) in [5.74, 6) is 0.769. The molecule has 2 N–H and O–H groups in total. The summed E-state index contributed by atoms with van der Waals surface area (Å²) in [6.45, 7) is 6.15. The van der Waals surface area contributed by atoms with Gasteiger partial charge in [-0.1, -0.05) is 18.2 Å². The summed E-state index contributed by atoms with van der Waals surface area (Å²) in [5, 5.41) is 6.98. The van der Waals surface area contributed by atoms with Crippen molar-refractivity contribution in [3.05, 3.63) is 53.1 Å². The number of hydrogen-bond acceptors (Lipinski definition) is 2. The van der Waals surface area contributed by atoms with E-state index < -0.39 is 0 Å². The molecule has 110 valence electrons. The number of hydrogen-bond donors (Lipinski definition) is 2. The molecule has 3 nitrogen and oxygen atoms in total. The number of aryl methyl sites for hydroxylation is 3. The average molecular weight is 300 g/mol. The molecule has 0 aliphatic carbocycles. The van der Waals surface area contributed by atoms with Crippen LogP contribution in [0.15, 0.2) is 36.4 Å². The van der Waals surface area contributed by atoms with Crippen LogP contribution < -0.4 is 15.4 Å². The maximum Gasteiger partial charge on any atom is 0.175 e. The fourth-order valence-corrected chi connectivity index (χ4v) is 2.29. The van der Waals surface area contributed by atoms with Crippen LogP contribution in [0.4, 0.5) is 11.4 Å². The van der Waals surface area contributed by atoms with Crippen LogP contribution in [-0.2, 0) is 0 Å². The molecule has 0 amide bonds. The lowest BCUT2D eigenvalue weighted by atomic mass is 10.1. The van der Waals surface area contributed by atoms with Gasteiger partial charge in [-0.25, -0.2) is 0 Å². The van der Waals surface area contributed by atoms with Crippen LogP contribution in [0.3, 0.4) is 0 Å². The van der Waals surface area contributed by atoms with E-state index in [1.54, 1.807) is 7.11 Å². The van der Waals surface area contributed by atoms with Crippen LogP contribution in [0.5, 0.6) is 5.75 Å². The molecule has 4 heteroatoms. The second kappa shape index (κ2) is 6.59. The molecule has 0 heterocycles. The van der Waals surface area contributed by atoms with Gasteiger partial charge in [0.1, 0.15) is 5.75 Å². The van der Waals surface area contributed by atoms with Crippen molar-refractivity contribution in [2.24, 2.45) is 0 Å². The van der Waals surface area contributed by atoms with Gasteiger partial charge in [-0.3, -0.25) is 0 Å². The van der Waals surface area contributed by atoms with Crippen molar-refractivity contribution >= 4 is 28.7 Å². The smallest absolute Gasteiger partial charge is 0.175 e. The van der Waals surface area contributed by atoms with Gasteiger partial charge in [0.2, 0.25) is 0 Å². The van der Waals surface area contributed by atoms with Crippen molar-refractivity contribution in [2.75, 3.05) is 17.7 Å². The van der Waals surface area contributed by atoms with Crippen molar-refractivity contribution < 1.29 is 4.74 Å². The van der Waals surface area contributed by atoms with Gasteiger partial charge in [-0.15, -0.1) is 0 Å². The summed E-state index contributed by atoms with van der Waals surface area (Å²) in [6.07, 6.45) is 0. The first-order valence-electron chi connectivity index (χ1n) is 6.79. The monoisotopic (exact) mass is 300 g/mol. The Balaban J connectivity index is 2.15. The minimum absolute atomic E-state index is 0.549. The number of ether oxygens (including phenoxy) is 1. The van der Waals surface area contributed by atoms with Crippen LogP contribution in [0, 0.1) is 20.8 Å². The van der Waals surface area contributed by atoms with Gasteiger partial charge >= 0.3 is 0 Å². The standard InChI is InChI=1S/C17H20N2OS/c1-11-5-7-13(3)14(9-11)18-17(21)19-15-10-12(2)6-8-16(15)20-4/h5-10H,1-4H3,(H2,18,19,21). The first-order valence-corrected chi connectivity index (χ1v) is 7.20.